The number of amides is 1. The number of hydrogen-bond acceptors (Lipinski definition) is 4. The van der Waals surface area contributed by atoms with Crippen molar-refractivity contribution in [3.05, 3.63) is 0 Å². The fourth-order valence-electron chi connectivity index (χ4n) is 3.95. The summed E-state index contributed by atoms with van der Waals surface area (Å²) >= 11 is 5.71. The molecule has 152 valence electrons. The van der Waals surface area contributed by atoms with Crippen LogP contribution in [0.25, 0.3) is 0 Å². The topological polar surface area (TPSA) is 67.8 Å². The van der Waals surface area contributed by atoms with Crippen molar-refractivity contribution in [1.82, 2.24) is 5.32 Å². The predicted octanol–water partition coefficient (Wildman–Crippen LogP) is 3.30. The molecule has 6 atom stereocenters. The molecule has 0 aromatic carbocycles. The SMILES string of the molecule is C[C@@H](O[Si](C)(C)C(C)(C)C)[C@H]1C(=O)NC1[C@H]1CCC[C@H](OCCCl)[C@H]1O. The van der Waals surface area contributed by atoms with Gasteiger partial charge in [0.2, 0.25) is 5.91 Å². The second kappa shape index (κ2) is 8.48. The Hall–Kier alpha value is -0.143. The van der Waals surface area contributed by atoms with Crippen LogP contribution in [-0.2, 0) is 14.0 Å². The third-order valence-electron chi connectivity index (χ3n) is 6.51. The minimum atomic E-state index is -1.95. The Balaban J connectivity index is 2.05. The minimum absolute atomic E-state index is 0.0113. The van der Waals surface area contributed by atoms with E-state index in [1.807, 2.05) is 6.92 Å². The van der Waals surface area contributed by atoms with Crippen molar-refractivity contribution in [1.29, 1.82) is 0 Å². The van der Waals surface area contributed by atoms with E-state index in [0.29, 0.717) is 12.5 Å². The normalized spacial score (nSPS) is 34.2. The van der Waals surface area contributed by atoms with Crippen molar-refractivity contribution < 1.29 is 19.1 Å². The van der Waals surface area contributed by atoms with E-state index < -0.39 is 14.4 Å². The molecule has 2 fully saturated rings. The van der Waals surface area contributed by atoms with Gasteiger partial charge in [0.05, 0.1) is 30.8 Å². The predicted molar refractivity (Wildman–Crippen MR) is 107 cm³/mol. The zero-order valence-corrected chi connectivity index (χ0v) is 18.8. The number of halogens is 1. The van der Waals surface area contributed by atoms with Crippen LogP contribution in [0.1, 0.15) is 47.0 Å². The van der Waals surface area contributed by atoms with E-state index in [2.05, 4.69) is 39.2 Å². The monoisotopic (exact) mass is 405 g/mol. The van der Waals surface area contributed by atoms with Gasteiger partial charge in [0.25, 0.3) is 0 Å². The summed E-state index contributed by atoms with van der Waals surface area (Å²) < 4.78 is 12.2. The number of aliphatic hydroxyl groups excluding tert-OH is 1. The first kappa shape index (κ1) is 22.1. The van der Waals surface area contributed by atoms with E-state index in [-0.39, 0.29) is 41.0 Å². The number of carbonyl (C=O) groups excluding carboxylic acids is 1. The molecule has 5 nitrogen and oxygen atoms in total. The lowest BCUT2D eigenvalue weighted by molar-refractivity contribution is -0.151. The van der Waals surface area contributed by atoms with Crippen LogP contribution in [0.15, 0.2) is 0 Å². The van der Waals surface area contributed by atoms with Crippen molar-refractivity contribution in [2.24, 2.45) is 11.8 Å². The zero-order valence-electron chi connectivity index (χ0n) is 17.0. The van der Waals surface area contributed by atoms with E-state index in [9.17, 15) is 9.90 Å². The fraction of sp³-hybridized carbons (Fsp3) is 0.947. The highest BCUT2D eigenvalue weighted by molar-refractivity contribution is 6.74. The van der Waals surface area contributed by atoms with Crippen LogP contribution in [0, 0.1) is 11.8 Å². The van der Waals surface area contributed by atoms with E-state index in [1.54, 1.807) is 0 Å². The summed E-state index contributed by atoms with van der Waals surface area (Å²) in [6, 6.07) is -0.0420. The van der Waals surface area contributed by atoms with Gasteiger partial charge in [0, 0.05) is 17.8 Å². The van der Waals surface area contributed by atoms with Crippen molar-refractivity contribution in [2.75, 3.05) is 12.5 Å². The van der Waals surface area contributed by atoms with Gasteiger partial charge in [-0.15, -0.1) is 11.6 Å². The largest absolute Gasteiger partial charge is 0.413 e. The van der Waals surface area contributed by atoms with E-state index in [4.69, 9.17) is 20.8 Å². The molecule has 0 aromatic rings. The molecule has 26 heavy (non-hydrogen) atoms. The first-order chi connectivity index (χ1) is 12.0. The van der Waals surface area contributed by atoms with Gasteiger partial charge in [-0.25, -0.2) is 0 Å². The molecule has 2 rings (SSSR count). The van der Waals surface area contributed by atoms with Gasteiger partial charge in [0.15, 0.2) is 8.32 Å². The summed E-state index contributed by atoms with van der Waals surface area (Å²) in [6.45, 7) is 13.5. The quantitative estimate of drug-likeness (QED) is 0.387. The number of ether oxygens (including phenoxy) is 1. The van der Waals surface area contributed by atoms with Gasteiger partial charge in [-0.3, -0.25) is 4.79 Å². The summed E-state index contributed by atoms with van der Waals surface area (Å²) in [5.74, 6) is 0.277. The van der Waals surface area contributed by atoms with Crippen molar-refractivity contribution in [3.63, 3.8) is 0 Å². The van der Waals surface area contributed by atoms with Crippen molar-refractivity contribution in [3.8, 4) is 0 Å². The number of nitrogens with one attached hydrogen (secondary N) is 1. The molecule has 1 saturated carbocycles. The average Bonchev–Trinajstić information content (AvgIpc) is 2.50. The summed E-state index contributed by atoms with van der Waals surface area (Å²) in [6.07, 6.45) is 1.82. The highest BCUT2D eigenvalue weighted by Gasteiger charge is 2.52. The highest BCUT2D eigenvalue weighted by atomic mass is 35.5. The maximum Gasteiger partial charge on any atom is 0.228 e. The second-order valence-electron chi connectivity index (χ2n) is 9.33. The van der Waals surface area contributed by atoms with Crippen LogP contribution >= 0.6 is 11.6 Å². The lowest BCUT2D eigenvalue weighted by atomic mass is 9.70. The summed E-state index contributed by atoms with van der Waals surface area (Å²) in [5.41, 5.74) is 0. The van der Waals surface area contributed by atoms with Crippen LogP contribution in [0.4, 0.5) is 0 Å². The third-order valence-corrected chi connectivity index (χ3v) is 11.2. The maximum atomic E-state index is 12.3. The Morgan fingerprint density at radius 1 is 1.35 bits per heavy atom. The number of β-lactam (4-membered cyclic amide) rings is 1. The fourth-order valence-corrected chi connectivity index (χ4v) is 5.47. The molecular weight excluding hydrogens is 370 g/mol. The molecule has 7 heteroatoms. The Labute approximate surface area is 164 Å². The highest BCUT2D eigenvalue weighted by Crippen LogP contribution is 2.41. The average molecular weight is 406 g/mol. The second-order valence-corrected chi connectivity index (χ2v) is 14.5. The van der Waals surface area contributed by atoms with Gasteiger partial charge < -0.3 is 19.6 Å². The molecule has 1 saturated heterocycles. The van der Waals surface area contributed by atoms with Gasteiger partial charge in [0.1, 0.15) is 0 Å². The number of alkyl halides is 1. The van der Waals surface area contributed by atoms with Crippen LogP contribution in [-0.4, -0.2) is 56.2 Å². The molecule has 0 radical (unpaired) electrons. The number of hydrogen-bond donors (Lipinski definition) is 2. The molecule has 1 unspecified atom stereocenters. The van der Waals surface area contributed by atoms with Crippen molar-refractivity contribution in [2.45, 2.75) is 89.4 Å². The molecule has 1 aliphatic carbocycles. The maximum absolute atomic E-state index is 12.3. The molecule has 0 aromatic heterocycles. The van der Waals surface area contributed by atoms with Crippen molar-refractivity contribution >= 4 is 25.8 Å². The third kappa shape index (κ3) is 4.63. The van der Waals surface area contributed by atoms with Gasteiger partial charge in [-0.05, 0) is 37.9 Å². The Morgan fingerprint density at radius 3 is 2.54 bits per heavy atom. The van der Waals surface area contributed by atoms with Gasteiger partial charge >= 0.3 is 0 Å². The molecule has 2 aliphatic rings. The van der Waals surface area contributed by atoms with Crippen LogP contribution in [0.2, 0.25) is 18.1 Å². The minimum Gasteiger partial charge on any atom is -0.413 e. The Morgan fingerprint density at radius 2 is 2.00 bits per heavy atom. The van der Waals surface area contributed by atoms with Crippen LogP contribution < -0.4 is 5.32 Å². The van der Waals surface area contributed by atoms with E-state index >= 15 is 0 Å². The molecule has 1 heterocycles. The van der Waals surface area contributed by atoms with Crippen LogP contribution in [0.5, 0.6) is 0 Å². The molecule has 1 amide bonds. The lowest BCUT2D eigenvalue weighted by Gasteiger charge is -2.50. The number of rotatable bonds is 7. The molecule has 1 aliphatic heterocycles. The Kier molecular flexibility index (Phi) is 7.22. The molecule has 0 spiro atoms. The summed E-state index contributed by atoms with van der Waals surface area (Å²) in [4.78, 5) is 12.3. The number of aliphatic hydroxyl groups is 1. The zero-order chi connectivity index (χ0) is 19.7. The summed E-state index contributed by atoms with van der Waals surface area (Å²) in [5, 5.41) is 13.9. The standard InChI is InChI=1S/C19H36ClNO4Si/c1-12(25-26(5,6)19(2,3)4)15-16(21-18(15)23)13-8-7-9-14(17(13)22)24-11-10-20/h12-17,22H,7-11H2,1-6H3,(H,21,23)/t12-,13-,14+,15-,16?,17+/m1/s1. The van der Waals surface area contributed by atoms with Gasteiger partial charge in [-0.2, -0.15) is 0 Å². The Bertz CT molecular complexity index is 496. The van der Waals surface area contributed by atoms with E-state index in [1.165, 1.54) is 0 Å². The first-order valence-electron chi connectivity index (χ1n) is 9.83. The number of carbonyl (C=O) groups is 1. The molecule has 0 bridgehead atoms. The van der Waals surface area contributed by atoms with Crippen LogP contribution in [0.3, 0.4) is 0 Å². The summed E-state index contributed by atoms with van der Waals surface area (Å²) in [7, 11) is -1.95. The lowest BCUT2D eigenvalue weighted by Crippen LogP contribution is -2.68. The first-order valence-corrected chi connectivity index (χ1v) is 13.3. The molecular formula is C19H36ClNO4Si. The van der Waals surface area contributed by atoms with E-state index in [0.717, 1.165) is 19.3 Å². The molecule has 2 N–H and O–H groups in total. The van der Waals surface area contributed by atoms with Gasteiger partial charge in [-0.1, -0.05) is 27.2 Å². The smallest absolute Gasteiger partial charge is 0.228 e.